The third-order valence-electron chi connectivity index (χ3n) is 5.37. The van der Waals surface area contributed by atoms with Crippen LogP contribution in [0.2, 0.25) is 0 Å². The Labute approximate surface area is 143 Å². The minimum absolute atomic E-state index is 0.159. The van der Waals surface area contributed by atoms with Crippen molar-refractivity contribution >= 4 is 6.03 Å². The maximum atomic E-state index is 12.1. The molecule has 0 radical (unpaired) electrons. The van der Waals surface area contributed by atoms with Gasteiger partial charge >= 0.3 is 6.03 Å². The number of hydrogen-bond donors (Lipinski definition) is 3. The molecule has 1 saturated carbocycles. The Bertz CT molecular complexity index is 535. The highest BCUT2D eigenvalue weighted by molar-refractivity contribution is 5.74. The van der Waals surface area contributed by atoms with Crippen molar-refractivity contribution in [3.63, 3.8) is 0 Å². The van der Waals surface area contributed by atoms with Crippen LogP contribution in [0.3, 0.4) is 0 Å². The predicted octanol–water partition coefficient (Wildman–Crippen LogP) is 2.24. The third kappa shape index (κ3) is 4.48. The van der Waals surface area contributed by atoms with E-state index in [0.29, 0.717) is 26.2 Å². The molecule has 0 bridgehead atoms. The highest BCUT2D eigenvalue weighted by Crippen LogP contribution is 2.40. The third-order valence-corrected chi connectivity index (χ3v) is 5.37. The quantitative estimate of drug-likeness (QED) is 0.748. The number of rotatable bonds is 6. The molecule has 1 saturated heterocycles. The SMILES string of the molecule is O=C(NCC1(Cc2ccccc2)CCCC1)NC[C@]1(O)CCOC1. The fourth-order valence-corrected chi connectivity index (χ4v) is 3.88. The lowest BCUT2D eigenvalue weighted by atomic mass is 9.80. The molecule has 5 nitrogen and oxygen atoms in total. The highest BCUT2D eigenvalue weighted by Gasteiger charge is 2.35. The fourth-order valence-electron chi connectivity index (χ4n) is 3.88. The van der Waals surface area contributed by atoms with Gasteiger partial charge < -0.3 is 20.5 Å². The van der Waals surface area contributed by atoms with E-state index < -0.39 is 5.60 Å². The smallest absolute Gasteiger partial charge is 0.314 e. The van der Waals surface area contributed by atoms with Crippen LogP contribution in [0.4, 0.5) is 4.79 Å². The summed E-state index contributed by atoms with van der Waals surface area (Å²) < 4.78 is 5.19. The first-order valence-corrected chi connectivity index (χ1v) is 8.95. The van der Waals surface area contributed by atoms with Gasteiger partial charge in [0, 0.05) is 19.6 Å². The minimum atomic E-state index is -0.910. The van der Waals surface area contributed by atoms with Gasteiger partial charge in [-0.2, -0.15) is 0 Å². The normalized spacial score (nSPS) is 25.5. The van der Waals surface area contributed by atoms with Crippen LogP contribution in [0.1, 0.15) is 37.7 Å². The lowest BCUT2D eigenvalue weighted by Gasteiger charge is -2.30. The number of amides is 2. The number of aliphatic hydroxyl groups is 1. The van der Waals surface area contributed by atoms with Gasteiger partial charge in [-0.25, -0.2) is 4.79 Å². The Kier molecular flexibility index (Phi) is 5.41. The monoisotopic (exact) mass is 332 g/mol. The summed E-state index contributed by atoms with van der Waals surface area (Å²) in [5.41, 5.74) is 0.581. The van der Waals surface area contributed by atoms with Gasteiger partial charge in [-0.3, -0.25) is 0 Å². The molecule has 1 atom stereocenters. The van der Waals surface area contributed by atoms with E-state index in [2.05, 4.69) is 34.9 Å². The van der Waals surface area contributed by atoms with E-state index in [9.17, 15) is 9.90 Å². The fraction of sp³-hybridized carbons (Fsp3) is 0.632. The molecule has 5 heteroatoms. The summed E-state index contributed by atoms with van der Waals surface area (Å²) in [5.74, 6) is 0. The van der Waals surface area contributed by atoms with Crippen molar-refractivity contribution in [2.45, 2.75) is 44.1 Å². The zero-order valence-corrected chi connectivity index (χ0v) is 14.2. The first-order chi connectivity index (χ1) is 11.6. The minimum Gasteiger partial charge on any atom is -0.386 e. The molecule has 132 valence electrons. The van der Waals surface area contributed by atoms with E-state index in [-0.39, 0.29) is 18.0 Å². The lowest BCUT2D eigenvalue weighted by molar-refractivity contribution is 0.0291. The van der Waals surface area contributed by atoms with Crippen LogP contribution in [-0.4, -0.2) is 43.0 Å². The van der Waals surface area contributed by atoms with Gasteiger partial charge in [0.1, 0.15) is 5.60 Å². The Hall–Kier alpha value is -1.59. The van der Waals surface area contributed by atoms with Gasteiger partial charge in [0.05, 0.1) is 13.2 Å². The Morgan fingerprint density at radius 2 is 1.79 bits per heavy atom. The Balaban J connectivity index is 1.49. The van der Waals surface area contributed by atoms with Gasteiger partial charge in [0.25, 0.3) is 0 Å². The molecule has 3 N–H and O–H groups in total. The summed E-state index contributed by atoms with van der Waals surface area (Å²) >= 11 is 0. The average molecular weight is 332 g/mol. The van der Waals surface area contributed by atoms with Crippen molar-refractivity contribution < 1.29 is 14.6 Å². The van der Waals surface area contributed by atoms with Crippen LogP contribution in [0.15, 0.2) is 30.3 Å². The Morgan fingerprint density at radius 3 is 2.46 bits per heavy atom. The highest BCUT2D eigenvalue weighted by atomic mass is 16.5. The molecule has 0 aromatic heterocycles. The predicted molar refractivity (Wildman–Crippen MR) is 92.8 cm³/mol. The lowest BCUT2D eigenvalue weighted by Crippen LogP contribution is -2.48. The molecule has 3 rings (SSSR count). The molecule has 1 aromatic rings. The first kappa shape index (κ1) is 17.2. The van der Waals surface area contributed by atoms with Gasteiger partial charge in [-0.15, -0.1) is 0 Å². The number of urea groups is 1. The van der Waals surface area contributed by atoms with Crippen molar-refractivity contribution in [1.82, 2.24) is 10.6 Å². The molecular weight excluding hydrogens is 304 g/mol. The van der Waals surface area contributed by atoms with Crippen LogP contribution < -0.4 is 10.6 Å². The molecule has 2 aliphatic rings. The summed E-state index contributed by atoms with van der Waals surface area (Å²) in [6.07, 6.45) is 6.34. The second-order valence-corrected chi connectivity index (χ2v) is 7.43. The molecule has 2 fully saturated rings. The Morgan fingerprint density at radius 1 is 1.08 bits per heavy atom. The summed E-state index contributed by atoms with van der Waals surface area (Å²) in [5, 5.41) is 16.0. The van der Waals surface area contributed by atoms with Crippen molar-refractivity contribution in [3.05, 3.63) is 35.9 Å². The molecule has 1 heterocycles. The molecular formula is C19H28N2O3. The van der Waals surface area contributed by atoms with Gasteiger partial charge in [-0.1, -0.05) is 43.2 Å². The van der Waals surface area contributed by atoms with Crippen LogP contribution in [0, 0.1) is 5.41 Å². The number of ether oxygens (including phenoxy) is 1. The molecule has 24 heavy (non-hydrogen) atoms. The first-order valence-electron chi connectivity index (χ1n) is 8.95. The van der Waals surface area contributed by atoms with Crippen molar-refractivity contribution in [2.24, 2.45) is 5.41 Å². The number of hydrogen-bond acceptors (Lipinski definition) is 3. The standard InChI is InChI=1S/C19H28N2O3/c22-17(21-14-19(23)10-11-24-15-19)20-13-18(8-4-5-9-18)12-16-6-2-1-3-7-16/h1-3,6-7,23H,4-5,8-15H2,(H2,20,21,22)/t19-/m1/s1. The van der Waals surface area contributed by atoms with E-state index in [0.717, 1.165) is 19.3 Å². The van der Waals surface area contributed by atoms with E-state index in [1.165, 1.54) is 18.4 Å². The summed E-state index contributed by atoms with van der Waals surface area (Å²) in [4.78, 5) is 12.1. The van der Waals surface area contributed by atoms with Gasteiger partial charge in [0.2, 0.25) is 0 Å². The maximum absolute atomic E-state index is 12.1. The van der Waals surface area contributed by atoms with E-state index in [1.807, 2.05) is 6.07 Å². The van der Waals surface area contributed by atoms with E-state index >= 15 is 0 Å². The number of carbonyl (C=O) groups excluding carboxylic acids is 1. The maximum Gasteiger partial charge on any atom is 0.314 e. The van der Waals surface area contributed by atoms with Crippen molar-refractivity contribution in [3.8, 4) is 0 Å². The zero-order chi connectivity index (χ0) is 16.9. The van der Waals surface area contributed by atoms with E-state index in [1.54, 1.807) is 0 Å². The molecule has 0 unspecified atom stereocenters. The number of nitrogens with one attached hydrogen (secondary N) is 2. The summed E-state index contributed by atoms with van der Waals surface area (Å²) in [6, 6.07) is 10.3. The largest absolute Gasteiger partial charge is 0.386 e. The molecule has 0 spiro atoms. The molecule has 1 aliphatic heterocycles. The number of carbonyl (C=O) groups is 1. The van der Waals surface area contributed by atoms with Gasteiger partial charge in [0.15, 0.2) is 0 Å². The second kappa shape index (κ2) is 7.53. The van der Waals surface area contributed by atoms with Crippen molar-refractivity contribution in [1.29, 1.82) is 0 Å². The van der Waals surface area contributed by atoms with Crippen LogP contribution in [0.25, 0.3) is 0 Å². The molecule has 2 amide bonds. The molecule has 1 aliphatic carbocycles. The average Bonchev–Trinajstić information content (AvgIpc) is 3.23. The topological polar surface area (TPSA) is 70.6 Å². The van der Waals surface area contributed by atoms with Gasteiger partial charge in [-0.05, 0) is 30.2 Å². The zero-order valence-electron chi connectivity index (χ0n) is 14.2. The van der Waals surface area contributed by atoms with Crippen LogP contribution >= 0.6 is 0 Å². The number of benzene rings is 1. The van der Waals surface area contributed by atoms with Crippen LogP contribution in [0.5, 0.6) is 0 Å². The summed E-state index contributed by atoms with van der Waals surface area (Å²) in [6.45, 7) is 1.78. The van der Waals surface area contributed by atoms with E-state index in [4.69, 9.17) is 4.74 Å². The van der Waals surface area contributed by atoms with Crippen LogP contribution in [-0.2, 0) is 11.2 Å². The summed E-state index contributed by atoms with van der Waals surface area (Å²) in [7, 11) is 0. The van der Waals surface area contributed by atoms with Crippen molar-refractivity contribution in [2.75, 3.05) is 26.3 Å². The molecule has 1 aromatic carbocycles. The second-order valence-electron chi connectivity index (χ2n) is 7.43.